The van der Waals surface area contributed by atoms with Gasteiger partial charge >= 0.3 is 5.97 Å². The van der Waals surface area contributed by atoms with Crippen LogP contribution in [-0.4, -0.2) is 40.0 Å². The highest BCUT2D eigenvalue weighted by atomic mass is 16.4. The molecule has 2 heterocycles. The number of hydrogen-bond acceptors (Lipinski definition) is 3. The van der Waals surface area contributed by atoms with Gasteiger partial charge in [0.2, 0.25) is 5.91 Å². The lowest BCUT2D eigenvalue weighted by atomic mass is 10.0. The van der Waals surface area contributed by atoms with Crippen molar-refractivity contribution in [1.82, 2.24) is 9.88 Å². The molecule has 2 rings (SSSR count). The number of rotatable bonds is 3. The molecule has 1 amide bonds. The van der Waals surface area contributed by atoms with E-state index in [-0.39, 0.29) is 5.91 Å². The Balaban J connectivity index is 1.87. The van der Waals surface area contributed by atoms with Gasteiger partial charge in [0.1, 0.15) is 0 Å². The molecule has 0 atom stereocenters. The topological polar surface area (TPSA) is 70.5 Å². The zero-order valence-corrected chi connectivity index (χ0v) is 9.11. The molecule has 0 radical (unpaired) electrons. The Kier molecular flexibility index (Phi) is 3.18. The minimum absolute atomic E-state index is 0.161. The SMILES string of the molecule is O=C(O)C1CN(C(=O)C=Cc2cccnc2)C1. The van der Waals surface area contributed by atoms with Gasteiger partial charge in [-0.2, -0.15) is 0 Å². The Bertz CT molecular complexity index is 450. The molecule has 0 aliphatic carbocycles. The van der Waals surface area contributed by atoms with Gasteiger partial charge < -0.3 is 10.0 Å². The molecule has 17 heavy (non-hydrogen) atoms. The van der Waals surface area contributed by atoms with Crippen LogP contribution < -0.4 is 0 Å². The summed E-state index contributed by atoms with van der Waals surface area (Å²) >= 11 is 0. The third-order valence-electron chi connectivity index (χ3n) is 2.65. The summed E-state index contributed by atoms with van der Waals surface area (Å²) in [5.74, 6) is -1.41. The first kappa shape index (κ1) is 11.3. The summed E-state index contributed by atoms with van der Waals surface area (Å²) in [7, 11) is 0. The van der Waals surface area contributed by atoms with E-state index in [4.69, 9.17) is 5.11 Å². The molecule has 0 spiro atoms. The van der Waals surface area contributed by atoms with Crippen molar-refractivity contribution >= 4 is 18.0 Å². The van der Waals surface area contributed by atoms with Crippen LogP contribution in [0.4, 0.5) is 0 Å². The molecule has 1 saturated heterocycles. The number of nitrogens with zero attached hydrogens (tertiary/aromatic N) is 2. The zero-order valence-electron chi connectivity index (χ0n) is 9.11. The standard InChI is InChI=1S/C12H12N2O3/c15-11(14-7-10(8-14)12(16)17)4-3-9-2-1-5-13-6-9/h1-6,10H,7-8H2,(H,16,17). The van der Waals surface area contributed by atoms with Gasteiger partial charge in [-0.15, -0.1) is 0 Å². The minimum Gasteiger partial charge on any atom is -0.481 e. The first-order chi connectivity index (χ1) is 8.16. The smallest absolute Gasteiger partial charge is 0.310 e. The second-order valence-corrected chi connectivity index (χ2v) is 3.90. The van der Waals surface area contributed by atoms with Crippen LogP contribution in [0.2, 0.25) is 0 Å². The Morgan fingerprint density at radius 2 is 2.24 bits per heavy atom. The van der Waals surface area contributed by atoms with Crippen molar-refractivity contribution in [2.45, 2.75) is 0 Å². The quantitative estimate of drug-likeness (QED) is 0.776. The van der Waals surface area contributed by atoms with Gasteiger partial charge in [0.25, 0.3) is 0 Å². The van der Waals surface area contributed by atoms with Crippen LogP contribution >= 0.6 is 0 Å². The number of carboxylic acid groups (broad SMARTS) is 1. The minimum atomic E-state index is -0.842. The van der Waals surface area contributed by atoms with Crippen molar-refractivity contribution in [2.75, 3.05) is 13.1 Å². The van der Waals surface area contributed by atoms with E-state index >= 15 is 0 Å². The van der Waals surface area contributed by atoms with Crippen LogP contribution in [-0.2, 0) is 9.59 Å². The average Bonchev–Trinajstić information content (AvgIpc) is 2.25. The van der Waals surface area contributed by atoms with Crippen molar-refractivity contribution in [3.8, 4) is 0 Å². The van der Waals surface area contributed by atoms with Crippen molar-refractivity contribution in [1.29, 1.82) is 0 Å². The molecular weight excluding hydrogens is 220 g/mol. The molecule has 1 aromatic rings. The molecule has 5 heteroatoms. The summed E-state index contributed by atoms with van der Waals surface area (Å²) in [5, 5.41) is 8.68. The van der Waals surface area contributed by atoms with E-state index in [1.807, 2.05) is 6.07 Å². The molecule has 0 saturated carbocycles. The maximum absolute atomic E-state index is 11.6. The number of carbonyl (C=O) groups is 2. The summed E-state index contributed by atoms with van der Waals surface area (Å²) in [6.07, 6.45) is 6.42. The van der Waals surface area contributed by atoms with Gasteiger partial charge in [0.15, 0.2) is 0 Å². The number of carbonyl (C=O) groups excluding carboxylic acids is 1. The molecular formula is C12H12N2O3. The van der Waals surface area contributed by atoms with Gasteiger partial charge in [0, 0.05) is 31.6 Å². The first-order valence-corrected chi connectivity index (χ1v) is 5.26. The number of carboxylic acids is 1. The van der Waals surface area contributed by atoms with E-state index in [2.05, 4.69) is 4.98 Å². The average molecular weight is 232 g/mol. The Morgan fingerprint density at radius 3 is 2.82 bits per heavy atom. The number of likely N-dealkylation sites (tertiary alicyclic amines) is 1. The lowest BCUT2D eigenvalue weighted by Crippen LogP contribution is -2.52. The fourth-order valence-corrected chi connectivity index (χ4v) is 1.56. The molecule has 1 aliphatic heterocycles. The van der Waals surface area contributed by atoms with Crippen LogP contribution in [0.1, 0.15) is 5.56 Å². The predicted molar refractivity (Wildman–Crippen MR) is 61.0 cm³/mol. The van der Waals surface area contributed by atoms with Crippen LogP contribution in [0, 0.1) is 5.92 Å². The fraction of sp³-hybridized carbons (Fsp3) is 0.250. The van der Waals surface area contributed by atoms with E-state index in [1.54, 1.807) is 24.5 Å². The molecule has 1 fully saturated rings. The fourth-order valence-electron chi connectivity index (χ4n) is 1.56. The molecule has 1 aliphatic rings. The van der Waals surface area contributed by atoms with E-state index in [0.717, 1.165) is 5.56 Å². The van der Waals surface area contributed by atoms with Crippen molar-refractivity contribution in [3.05, 3.63) is 36.2 Å². The highest BCUT2D eigenvalue weighted by Crippen LogP contribution is 2.16. The molecule has 0 aromatic carbocycles. The Hall–Kier alpha value is -2.17. The van der Waals surface area contributed by atoms with Gasteiger partial charge in [-0.3, -0.25) is 14.6 Å². The lowest BCUT2D eigenvalue weighted by Gasteiger charge is -2.35. The Labute approximate surface area is 98.4 Å². The third-order valence-corrected chi connectivity index (χ3v) is 2.65. The van der Waals surface area contributed by atoms with Crippen LogP contribution in [0.5, 0.6) is 0 Å². The van der Waals surface area contributed by atoms with Crippen molar-refractivity contribution in [2.24, 2.45) is 5.92 Å². The van der Waals surface area contributed by atoms with Gasteiger partial charge in [-0.1, -0.05) is 6.07 Å². The van der Waals surface area contributed by atoms with Crippen LogP contribution in [0.3, 0.4) is 0 Å². The molecule has 1 aromatic heterocycles. The maximum atomic E-state index is 11.6. The number of hydrogen-bond donors (Lipinski definition) is 1. The van der Waals surface area contributed by atoms with E-state index in [1.165, 1.54) is 11.0 Å². The number of amides is 1. The highest BCUT2D eigenvalue weighted by Gasteiger charge is 2.34. The summed E-state index contributed by atoms with van der Waals surface area (Å²) in [6.45, 7) is 0.594. The number of aliphatic carboxylic acids is 1. The molecule has 88 valence electrons. The second kappa shape index (κ2) is 4.78. The van der Waals surface area contributed by atoms with Crippen molar-refractivity contribution in [3.63, 3.8) is 0 Å². The summed E-state index contributed by atoms with van der Waals surface area (Å²) < 4.78 is 0. The first-order valence-electron chi connectivity index (χ1n) is 5.26. The van der Waals surface area contributed by atoms with Crippen LogP contribution in [0.15, 0.2) is 30.6 Å². The molecule has 5 nitrogen and oxygen atoms in total. The largest absolute Gasteiger partial charge is 0.481 e. The van der Waals surface area contributed by atoms with E-state index in [0.29, 0.717) is 13.1 Å². The lowest BCUT2D eigenvalue weighted by molar-refractivity contribution is -0.151. The Morgan fingerprint density at radius 1 is 1.47 bits per heavy atom. The van der Waals surface area contributed by atoms with Crippen LogP contribution in [0.25, 0.3) is 6.08 Å². The summed E-state index contributed by atoms with van der Waals surface area (Å²) in [5.41, 5.74) is 0.844. The van der Waals surface area contributed by atoms with Crippen molar-refractivity contribution < 1.29 is 14.7 Å². The molecule has 1 N–H and O–H groups in total. The van der Waals surface area contributed by atoms with E-state index < -0.39 is 11.9 Å². The number of aromatic nitrogens is 1. The van der Waals surface area contributed by atoms with Gasteiger partial charge in [0.05, 0.1) is 5.92 Å². The van der Waals surface area contributed by atoms with Gasteiger partial charge in [-0.25, -0.2) is 0 Å². The maximum Gasteiger partial charge on any atom is 0.310 e. The monoisotopic (exact) mass is 232 g/mol. The van der Waals surface area contributed by atoms with Gasteiger partial charge in [-0.05, 0) is 17.7 Å². The highest BCUT2D eigenvalue weighted by molar-refractivity contribution is 5.93. The molecule has 0 unspecified atom stereocenters. The number of pyridine rings is 1. The predicted octanol–water partition coefficient (Wildman–Crippen LogP) is 0.638. The summed E-state index contributed by atoms with van der Waals surface area (Å²) in [4.78, 5) is 27.6. The normalized spacial score (nSPS) is 15.9. The molecule has 0 bridgehead atoms. The second-order valence-electron chi connectivity index (χ2n) is 3.90. The third kappa shape index (κ3) is 2.69. The zero-order chi connectivity index (χ0) is 12.3. The summed E-state index contributed by atoms with van der Waals surface area (Å²) in [6, 6.07) is 3.63. The van der Waals surface area contributed by atoms with E-state index in [9.17, 15) is 9.59 Å².